The summed E-state index contributed by atoms with van der Waals surface area (Å²) in [6.07, 6.45) is 0. The number of nitrogens with two attached hydrogens (primary N) is 1. The summed E-state index contributed by atoms with van der Waals surface area (Å²) in [4.78, 5) is 14.7. The smallest absolute Gasteiger partial charge is 0.241 e. The predicted molar refractivity (Wildman–Crippen MR) is 82.8 cm³/mol. The third kappa shape index (κ3) is 3.53. The fourth-order valence-electron chi connectivity index (χ4n) is 2.17. The molecule has 0 radical (unpaired) electrons. The molecule has 1 fully saturated rings. The first kappa shape index (κ1) is 14.9. The fraction of sp³-hybridized carbons (Fsp3) is 0.429. The Kier molecular flexibility index (Phi) is 5.05. The second-order valence-electron chi connectivity index (χ2n) is 4.72. The van der Waals surface area contributed by atoms with E-state index >= 15 is 0 Å². The Balaban J connectivity index is 2.05. The van der Waals surface area contributed by atoms with Gasteiger partial charge in [-0.05, 0) is 19.1 Å². The number of amides is 1. The first-order valence-electron chi connectivity index (χ1n) is 6.61. The SMILES string of the molecule is CC(C(=O)Nc1ccccc1C(N)=S)N1CCOCC1. The average Bonchev–Trinajstić information content (AvgIpc) is 2.47. The highest BCUT2D eigenvalue weighted by Gasteiger charge is 2.23. The Morgan fingerprint density at radius 1 is 1.40 bits per heavy atom. The summed E-state index contributed by atoms with van der Waals surface area (Å²) in [5.41, 5.74) is 7.01. The van der Waals surface area contributed by atoms with Crippen LogP contribution in [-0.4, -0.2) is 48.1 Å². The molecule has 3 N–H and O–H groups in total. The van der Waals surface area contributed by atoms with Gasteiger partial charge in [-0.15, -0.1) is 0 Å². The highest BCUT2D eigenvalue weighted by molar-refractivity contribution is 7.80. The lowest BCUT2D eigenvalue weighted by molar-refractivity contribution is -0.122. The number of nitrogens with zero attached hydrogens (tertiary/aromatic N) is 1. The van der Waals surface area contributed by atoms with Crippen molar-refractivity contribution >= 4 is 28.8 Å². The number of carbonyl (C=O) groups excluding carboxylic acids is 1. The first-order valence-corrected chi connectivity index (χ1v) is 7.02. The van der Waals surface area contributed by atoms with E-state index in [2.05, 4.69) is 10.2 Å². The van der Waals surface area contributed by atoms with Crippen LogP contribution in [0, 0.1) is 0 Å². The van der Waals surface area contributed by atoms with Gasteiger partial charge in [-0.3, -0.25) is 9.69 Å². The molecule has 108 valence electrons. The van der Waals surface area contributed by atoms with E-state index in [1.165, 1.54) is 0 Å². The van der Waals surface area contributed by atoms with Crippen molar-refractivity contribution in [3.63, 3.8) is 0 Å². The molecule has 1 aliphatic rings. The van der Waals surface area contributed by atoms with Gasteiger partial charge in [0.2, 0.25) is 5.91 Å². The number of rotatable bonds is 4. The molecule has 1 atom stereocenters. The minimum atomic E-state index is -0.210. The zero-order valence-electron chi connectivity index (χ0n) is 11.5. The number of morpholine rings is 1. The van der Waals surface area contributed by atoms with Crippen LogP contribution in [0.1, 0.15) is 12.5 Å². The lowest BCUT2D eigenvalue weighted by Crippen LogP contribution is -2.47. The van der Waals surface area contributed by atoms with Crippen LogP contribution >= 0.6 is 12.2 Å². The lowest BCUT2D eigenvalue weighted by Gasteiger charge is -2.31. The number of ether oxygens (including phenoxy) is 1. The van der Waals surface area contributed by atoms with Crippen molar-refractivity contribution in [3.05, 3.63) is 29.8 Å². The van der Waals surface area contributed by atoms with Gasteiger partial charge in [0, 0.05) is 18.7 Å². The summed E-state index contributed by atoms with van der Waals surface area (Å²) >= 11 is 4.99. The van der Waals surface area contributed by atoms with E-state index in [0.29, 0.717) is 24.5 Å². The maximum atomic E-state index is 12.3. The maximum absolute atomic E-state index is 12.3. The topological polar surface area (TPSA) is 67.6 Å². The Morgan fingerprint density at radius 2 is 2.05 bits per heavy atom. The van der Waals surface area contributed by atoms with Crippen molar-refractivity contribution in [1.29, 1.82) is 0 Å². The van der Waals surface area contributed by atoms with Crippen molar-refractivity contribution in [1.82, 2.24) is 4.90 Å². The molecule has 2 rings (SSSR count). The largest absolute Gasteiger partial charge is 0.389 e. The van der Waals surface area contributed by atoms with Crippen LogP contribution in [0.3, 0.4) is 0 Å². The number of hydrogen-bond acceptors (Lipinski definition) is 4. The molecule has 0 saturated carbocycles. The van der Waals surface area contributed by atoms with Crippen LogP contribution in [0.4, 0.5) is 5.69 Å². The lowest BCUT2D eigenvalue weighted by atomic mass is 10.1. The van der Waals surface area contributed by atoms with Gasteiger partial charge >= 0.3 is 0 Å². The molecule has 0 bridgehead atoms. The zero-order valence-corrected chi connectivity index (χ0v) is 12.3. The van der Waals surface area contributed by atoms with Gasteiger partial charge in [-0.1, -0.05) is 24.4 Å². The average molecular weight is 293 g/mol. The summed E-state index contributed by atoms with van der Waals surface area (Å²) in [6.45, 7) is 4.77. The van der Waals surface area contributed by atoms with Gasteiger partial charge in [0.25, 0.3) is 0 Å². The summed E-state index contributed by atoms with van der Waals surface area (Å²) in [5, 5.41) is 2.90. The van der Waals surface area contributed by atoms with E-state index in [4.69, 9.17) is 22.7 Å². The maximum Gasteiger partial charge on any atom is 0.241 e. The molecule has 1 aliphatic heterocycles. The summed E-state index contributed by atoms with van der Waals surface area (Å²) in [7, 11) is 0. The fourth-order valence-corrected chi connectivity index (χ4v) is 2.35. The molecule has 1 amide bonds. The third-order valence-electron chi connectivity index (χ3n) is 3.42. The molecule has 5 nitrogen and oxygen atoms in total. The predicted octanol–water partition coefficient (Wildman–Crippen LogP) is 0.980. The monoisotopic (exact) mass is 293 g/mol. The molecule has 0 aliphatic carbocycles. The molecule has 1 saturated heterocycles. The van der Waals surface area contributed by atoms with Crippen molar-refractivity contribution in [2.75, 3.05) is 31.6 Å². The Morgan fingerprint density at radius 3 is 2.70 bits per heavy atom. The molecule has 1 unspecified atom stereocenters. The van der Waals surface area contributed by atoms with Crippen molar-refractivity contribution < 1.29 is 9.53 Å². The minimum absolute atomic E-state index is 0.0596. The molecule has 6 heteroatoms. The molecule has 1 aromatic carbocycles. The van der Waals surface area contributed by atoms with E-state index in [9.17, 15) is 4.79 Å². The molecule has 1 aromatic rings. The molecular weight excluding hydrogens is 274 g/mol. The Hall–Kier alpha value is -1.50. The second kappa shape index (κ2) is 6.78. The van der Waals surface area contributed by atoms with Crippen LogP contribution in [0.25, 0.3) is 0 Å². The van der Waals surface area contributed by atoms with Crippen LogP contribution < -0.4 is 11.1 Å². The number of anilines is 1. The van der Waals surface area contributed by atoms with Crippen LogP contribution in [0.5, 0.6) is 0 Å². The number of nitrogens with one attached hydrogen (secondary N) is 1. The van der Waals surface area contributed by atoms with Gasteiger partial charge in [-0.2, -0.15) is 0 Å². The van der Waals surface area contributed by atoms with E-state index in [0.717, 1.165) is 13.1 Å². The molecule has 20 heavy (non-hydrogen) atoms. The molecule has 0 spiro atoms. The molecule has 1 heterocycles. The van der Waals surface area contributed by atoms with Gasteiger partial charge in [-0.25, -0.2) is 0 Å². The number of para-hydroxylation sites is 1. The standard InChI is InChI=1S/C14H19N3O2S/c1-10(17-6-8-19-9-7-17)14(18)16-12-5-3-2-4-11(12)13(15)20/h2-5,10H,6-9H2,1H3,(H2,15,20)(H,16,18). The number of benzene rings is 1. The van der Waals surface area contributed by atoms with E-state index in [1.807, 2.05) is 19.1 Å². The normalized spacial score (nSPS) is 17.4. The van der Waals surface area contributed by atoms with Gasteiger partial charge in [0.15, 0.2) is 0 Å². The quantitative estimate of drug-likeness (QED) is 0.810. The Bertz CT molecular complexity index is 501. The van der Waals surface area contributed by atoms with Crippen LogP contribution in [0.2, 0.25) is 0 Å². The van der Waals surface area contributed by atoms with E-state index in [1.54, 1.807) is 12.1 Å². The van der Waals surface area contributed by atoms with Crippen molar-refractivity contribution in [3.8, 4) is 0 Å². The summed E-state index contributed by atoms with van der Waals surface area (Å²) in [6, 6.07) is 7.08. The highest BCUT2D eigenvalue weighted by Crippen LogP contribution is 2.16. The first-order chi connectivity index (χ1) is 9.59. The Labute approximate surface area is 124 Å². The summed E-state index contributed by atoms with van der Waals surface area (Å²) in [5.74, 6) is -0.0596. The number of thiocarbonyl (C=S) groups is 1. The van der Waals surface area contributed by atoms with Crippen LogP contribution in [-0.2, 0) is 9.53 Å². The summed E-state index contributed by atoms with van der Waals surface area (Å²) < 4.78 is 5.29. The number of carbonyl (C=O) groups is 1. The van der Waals surface area contributed by atoms with E-state index < -0.39 is 0 Å². The van der Waals surface area contributed by atoms with Crippen molar-refractivity contribution in [2.24, 2.45) is 5.73 Å². The van der Waals surface area contributed by atoms with Gasteiger partial charge in [0.05, 0.1) is 24.9 Å². The molecular formula is C14H19N3O2S. The van der Waals surface area contributed by atoms with Gasteiger partial charge in [0.1, 0.15) is 4.99 Å². The van der Waals surface area contributed by atoms with Gasteiger partial charge < -0.3 is 15.8 Å². The third-order valence-corrected chi connectivity index (χ3v) is 3.64. The highest BCUT2D eigenvalue weighted by atomic mass is 32.1. The van der Waals surface area contributed by atoms with Crippen LogP contribution in [0.15, 0.2) is 24.3 Å². The molecule has 0 aromatic heterocycles. The van der Waals surface area contributed by atoms with E-state index in [-0.39, 0.29) is 16.9 Å². The van der Waals surface area contributed by atoms with Crippen molar-refractivity contribution in [2.45, 2.75) is 13.0 Å². The zero-order chi connectivity index (χ0) is 14.5. The number of hydrogen-bond donors (Lipinski definition) is 2. The second-order valence-corrected chi connectivity index (χ2v) is 5.16. The minimum Gasteiger partial charge on any atom is -0.389 e.